The molecule has 1 rings (SSSR count). The maximum atomic E-state index is 10.5. The van der Waals surface area contributed by atoms with Crippen molar-refractivity contribution < 1.29 is 9.63 Å². The highest BCUT2D eigenvalue weighted by Crippen LogP contribution is 2.15. The SMILES string of the molecule is CC(=O)NOc1ccccc1CN. The fraction of sp³-hybridized carbons (Fsp3) is 0.222. The van der Waals surface area contributed by atoms with Gasteiger partial charge in [0.2, 0.25) is 5.91 Å². The van der Waals surface area contributed by atoms with Crippen LogP contribution >= 0.6 is 0 Å². The predicted octanol–water partition coefficient (Wildman–Crippen LogP) is 0.575. The highest BCUT2D eigenvalue weighted by Gasteiger charge is 2.00. The Morgan fingerprint density at radius 1 is 1.54 bits per heavy atom. The first-order valence-corrected chi connectivity index (χ1v) is 3.95. The monoisotopic (exact) mass is 180 g/mol. The van der Waals surface area contributed by atoms with E-state index in [-0.39, 0.29) is 5.91 Å². The number of nitrogens with one attached hydrogen (secondary N) is 1. The summed E-state index contributed by atoms with van der Waals surface area (Å²) >= 11 is 0. The van der Waals surface area contributed by atoms with Crippen LogP contribution in [0.3, 0.4) is 0 Å². The van der Waals surface area contributed by atoms with E-state index in [9.17, 15) is 4.79 Å². The topological polar surface area (TPSA) is 64.3 Å². The van der Waals surface area contributed by atoms with E-state index in [2.05, 4.69) is 5.48 Å². The zero-order chi connectivity index (χ0) is 9.68. The van der Waals surface area contributed by atoms with E-state index in [0.717, 1.165) is 5.56 Å². The lowest BCUT2D eigenvalue weighted by molar-refractivity contribution is -0.125. The quantitative estimate of drug-likeness (QED) is 0.668. The molecule has 0 aliphatic rings. The number of carbonyl (C=O) groups excluding carboxylic acids is 1. The lowest BCUT2D eigenvalue weighted by Crippen LogP contribution is -2.24. The molecule has 0 unspecified atom stereocenters. The van der Waals surface area contributed by atoms with Gasteiger partial charge in [0.05, 0.1) is 0 Å². The van der Waals surface area contributed by atoms with Gasteiger partial charge in [0.25, 0.3) is 0 Å². The molecule has 0 fully saturated rings. The van der Waals surface area contributed by atoms with Crippen molar-refractivity contribution >= 4 is 5.91 Å². The number of amides is 1. The van der Waals surface area contributed by atoms with Crippen LogP contribution in [0.5, 0.6) is 5.75 Å². The van der Waals surface area contributed by atoms with Crippen LogP contribution in [0.2, 0.25) is 0 Å². The molecule has 4 nitrogen and oxygen atoms in total. The van der Waals surface area contributed by atoms with Crippen molar-refractivity contribution in [3.05, 3.63) is 29.8 Å². The summed E-state index contributed by atoms with van der Waals surface area (Å²) in [6.07, 6.45) is 0. The third kappa shape index (κ3) is 2.76. The third-order valence-electron chi connectivity index (χ3n) is 1.50. The van der Waals surface area contributed by atoms with E-state index in [1.807, 2.05) is 18.2 Å². The fourth-order valence-corrected chi connectivity index (χ4v) is 0.899. The molecule has 0 saturated carbocycles. The third-order valence-corrected chi connectivity index (χ3v) is 1.50. The van der Waals surface area contributed by atoms with E-state index < -0.39 is 0 Å². The number of nitrogens with two attached hydrogens (primary N) is 1. The number of para-hydroxylation sites is 1. The number of hydrogen-bond donors (Lipinski definition) is 2. The average molecular weight is 180 g/mol. The summed E-state index contributed by atoms with van der Waals surface area (Å²) in [5.41, 5.74) is 8.56. The summed E-state index contributed by atoms with van der Waals surface area (Å²) in [5.74, 6) is 0.340. The molecule has 4 heteroatoms. The minimum absolute atomic E-state index is 0.244. The second-order valence-electron chi connectivity index (χ2n) is 2.57. The summed E-state index contributed by atoms with van der Waals surface area (Å²) in [4.78, 5) is 15.6. The van der Waals surface area contributed by atoms with Crippen LogP contribution in [-0.2, 0) is 11.3 Å². The van der Waals surface area contributed by atoms with E-state index in [0.29, 0.717) is 12.3 Å². The van der Waals surface area contributed by atoms with E-state index in [1.54, 1.807) is 6.07 Å². The Hall–Kier alpha value is -1.55. The fourth-order valence-electron chi connectivity index (χ4n) is 0.899. The van der Waals surface area contributed by atoms with Crippen LogP contribution in [0.25, 0.3) is 0 Å². The van der Waals surface area contributed by atoms with Gasteiger partial charge in [0.1, 0.15) is 0 Å². The van der Waals surface area contributed by atoms with Gasteiger partial charge in [-0.25, -0.2) is 0 Å². The number of hydrogen-bond acceptors (Lipinski definition) is 3. The summed E-state index contributed by atoms with van der Waals surface area (Å²) in [6, 6.07) is 7.27. The van der Waals surface area contributed by atoms with Gasteiger partial charge in [0, 0.05) is 19.0 Å². The summed E-state index contributed by atoms with van der Waals surface area (Å²) in [6.45, 7) is 1.76. The minimum atomic E-state index is -0.244. The van der Waals surface area contributed by atoms with Crippen molar-refractivity contribution in [1.29, 1.82) is 0 Å². The second kappa shape index (κ2) is 4.47. The zero-order valence-electron chi connectivity index (χ0n) is 7.41. The van der Waals surface area contributed by atoms with Gasteiger partial charge in [-0.2, -0.15) is 5.48 Å². The molecule has 0 aliphatic carbocycles. The Morgan fingerprint density at radius 2 is 2.23 bits per heavy atom. The van der Waals surface area contributed by atoms with Crippen molar-refractivity contribution in [2.75, 3.05) is 0 Å². The molecule has 0 heterocycles. The molecule has 1 aromatic rings. The molecule has 70 valence electrons. The van der Waals surface area contributed by atoms with Gasteiger partial charge in [-0.3, -0.25) is 4.79 Å². The van der Waals surface area contributed by atoms with Crippen LogP contribution in [0, 0.1) is 0 Å². The molecule has 0 spiro atoms. The first kappa shape index (κ1) is 9.54. The normalized spacial score (nSPS) is 9.38. The van der Waals surface area contributed by atoms with E-state index >= 15 is 0 Å². The molecule has 13 heavy (non-hydrogen) atoms. The van der Waals surface area contributed by atoms with Crippen molar-refractivity contribution in [2.24, 2.45) is 5.73 Å². The van der Waals surface area contributed by atoms with Crippen LogP contribution in [0.4, 0.5) is 0 Å². The number of hydroxylamine groups is 1. The maximum absolute atomic E-state index is 10.5. The molecule has 0 saturated heterocycles. The van der Waals surface area contributed by atoms with Crippen LogP contribution in [0.15, 0.2) is 24.3 Å². The largest absolute Gasteiger partial charge is 0.379 e. The van der Waals surface area contributed by atoms with Gasteiger partial charge >= 0.3 is 0 Å². The lowest BCUT2D eigenvalue weighted by atomic mass is 10.2. The number of rotatable bonds is 3. The summed E-state index contributed by atoms with van der Waals surface area (Å²) in [7, 11) is 0. The van der Waals surface area contributed by atoms with Crippen molar-refractivity contribution in [3.63, 3.8) is 0 Å². The van der Waals surface area contributed by atoms with Crippen molar-refractivity contribution in [1.82, 2.24) is 5.48 Å². The van der Waals surface area contributed by atoms with Crippen LogP contribution in [-0.4, -0.2) is 5.91 Å². The first-order chi connectivity index (χ1) is 6.24. The first-order valence-electron chi connectivity index (χ1n) is 3.95. The van der Waals surface area contributed by atoms with Gasteiger partial charge in [-0.1, -0.05) is 18.2 Å². The van der Waals surface area contributed by atoms with E-state index in [1.165, 1.54) is 6.92 Å². The molecule has 1 amide bonds. The Morgan fingerprint density at radius 3 is 2.85 bits per heavy atom. The summed E-state index contributed by atoms with van der Waals surface area (Å²) < 4.78 is 0. The maximum Gasteiger partial charge on any atom is 0.249 e. The summed E-state index contributed by atoms with van der Waals surface area (Å²) in [5, 5.41) is 0. The molecule has 0 bridgehead atoms. The Kier molecular flexibility index (Phi) is 3.28. The number of carbonyl (C=O) groups is 1. The zero-order valence-corrected chi connectivity index (χ0v) is 7.41. The average Bonchev–Trinajstić information content (AvgIpc) is 2.15. The second-order valence-corrected chi connectivity index (χ2v) is 2.57. The Bertz CT molecular complexity index is 299. The molecule has 0 aromatic heterocycles. The minimum Gasteiger partial charge on any atom is -0.379 e. The number of benzene rings is 1. The standard InChI is InChI=1S/C9H12N2O2/c1-7(12)11-13-9-5-3-2-4-8(9)6-10/h2-5H,6,10H2,1H3,(H,11,12). The molecule has 0 radical (unpaired) electrons. The molecule has 3 N–H and O–H groups in total. The van der Waals surface area contributed by atoms with Gasteiger partial charge in [-0.15, -0.1) is 0 Å². The van der Waals surface area contributed by atoms with Crippen LogP contribution in [0.1, 0.15) is 12.5 Å². The molecule has 0 aliphatic heterocycles. The van der Waals surface area contributed by atoms with Gasteiger partial charge < -0.3 is 10.6 Å². The Balaban J connectivity index is 2.69. The predicted molar refractivity (Wildman–Crippen MR) is 48.8 cm³/mol. The molecule has 0 atom stereocenters. The van der Waals surface area contributed by atoms with Crippen LogP contribution < -0.4 is 16.1 Å². The highest BCUT2D eigenvalue weighted by atomic mass is 16.7. The van der Waals surface area contributed by atoms with Crippen molar-refractivity contribution in [2.45, 2.75) is 13.5 Å². The van der Waals surface area contributed by atoms with Crippen molar-refractivity contribution in [3.8, 4) is 5.75 Å². The van der Waals surface area contributed by atoms with E-state index in [4.69, 9.17) is 10.6 Å². The smallest absolute Gasteiger partial charge is 0.249 e. The lowest BCUT2D eigenvalue weighted by Gasteiger charge is -2.08. The Labute approximate surface area is 76.6 Å². The van der Waals surface area contributed by atoms with Gasteiger partial charge in [0.15, 0.2) is 5.75 Å². The molecule has 1 aromatic carbocycles. The highest BCUT2D eigenvalue weighted by molar-refractivity contribution is 5.71. The molecular weight excluding hydrogens is 168 g/mol. The van der Waals surface area contributed by atoms with Gasteiger partial charge in [-0.05, 0) is 6.07 Å². The molecular formula is C9H12N2O2.